The standard InChI is InChI=1S/C9H7ClIN3S/c1-4-3-15-9(12-4)8-13-5(2)6(11)7(10)14-8/h3H,1-2H3. The van der Waals surface area contributed by atoms with E-state index < -0.39 is 0 Å². The molecule has 0 aliphatic carbocycles. The molecule has 0 radical (unpaired) electrons. The highest BCUT2D eigenvalue weighted by atomic mass is 127. The fraction of sp³-hybridized carbons (Fsp3) is 0.222. The van der Waals surface area contributed by atoms with Crippen LogP contribution in [-0.4, -0.2) is 15.0 Å². The van der Waals surface area contributed by atoms with Crippen LogP contribution in [0.3, 0.4) is 0 Å². The van der Waals surface area contributed by atoms with Gasteiger partial charge < -0.3 is 0 Å². The smallest absolute Gasteiger partial charge is 0.190 e. The molecule has 0 saturated heterocycles. The molecule has 78 valence electrons. The summed E-state index contributed by atoms with van der Waals surface area (Å²) < 4.78 is 0.895. The van der Waals surface area contributed by atoms with Gasteiger partial charge in [-0.2, -0.15) is 0 Å². The zero-order valence-corrected chi connectivity index (χ0v) is 11.8. The van der Waals surface area contributed by atoms with Crippen LogP contribution in [0.2, 0.25) is 5.15 Å². The van der Waals surface area contributed by atoms with Crippen molar-refractivity contribution in [3.63, 3.8) is 0 Å². The van der Waals surface area contributed by atoms with E-state index in [1.165, 1.54) is 11.3 Å². The molecule has 2 aromatic heterocycles. The lowest BCUT2D eigenvalue weighted by atomic mass is 10.4. The van der Waals surface area contributed by atoms with E-state index in [4.69, 9.17) is 11.6 Å². The first-order valence-corrected chi connectivity index (χ1v) is 6.53. The Bertz CT molecular complexity index is 489. The summed E-state index contributed by atoms with van der Waals surface area (Å²) in [6, 6.07) is 0. The van der Waals surface area contributed by atoms with Crippen LogP contribution in [0.15, 0.2) is 5.38 Å². The molecule has 0 atom stereocenters. The van der Waals surface area contributed by atoms with Crippen molar-refractivity contribution in [3.05, 3.63) is 25.5 Å². The second kappa shape index (κ2) is 4.31. The van der Waals surface area contributed by atoms with E-state index in [0.717, 1.165) is 20.0 Å². The number of aryl methyl sites for hydroxylation is 2. The third kappa shape index (κ3) is 2.29. The number of aromatic nitrogens is 3. The summed E-state index contributed by atoms with van der Waals surface area (Å²) in [7, 11) is 0. The highest BCUT2D eigenvalue weighted by Gasteiger charge is 2.11. The van der Waals surface area contributed by atoms with Gasteiger partial charge in [0.15, 0.2) is 10.8 Å². The van der Waals surface area contributed by atoms with Crippen molar-refractivity contribution < 1.29 is 0 Å². The minimum absolute atomic E-state index is 0.492. The molecule has 0 aromatic carbocycles. The number of hydrogen-bond acceptors (Lipinski definition) is 4. The molecule has 2 rings (SSSR count). The Kier molecular flexibility index (Phi) is 3.22. The summed E-state index contributed by atoms with van der Waals surface area (Å²) in [5.41, 5.74) is 1.87. The Hall–Kier alpha value is -0.270. The summed E-state index contributed by atoms with van der Waals surface area (Å²) in [6.45, 7) is 3.86. The Morgan fingerprint density at radius 1 is 1.27 bits per heavy atom. The maximum absolute atomic E-state index is 5.99. The summed E-state index contributed by atoms with van der Waals surface area (Å²) >= 11 is 9.66. The Balaban J connectivity index is 2.55. The molecular formula is C9H7ClIN3S. The van der Waals surface area contributed by atoms with Crippen LogP contribution in [0.5, 0.6) is 0 Å². The van der Waals surface area contributed by atoms with E-state index >= 15 is 0 Å². The van der Waals surface area contributed by atoms with Gasteiger partial charge in [-0.15, -0.1) is 11.3 Å². The molecule has 2 aromatic rings. The lowest BCUT2D eigenvalue weighted by molar-refractivity contribution is 1.08. The third-order valence-electron chi connectivity index (χ3n) is 1.79. The molecule has 15 heavy (non-hydrogen) atoms. The van der Waals surface area contributed by atoms with Crippen LogP contribution in [0.1, 0.15) is 11.4 Å². The van der Waals surface area contributed by atoms with Gasteiger partial charge in [-0.05, 0) is 36.4 Å². The number of rotatable bonds is 1. The molecular weight excluding hydrogens is 345 g/mol. The van der Waals surface area contributed by atoms with Crippen LogP contribution >= 0.6 is 45.5 Å². The van der Waals surface area contributed by atoms with E-state index in [0.29, 0.717) is 11.0 Å². The molecule has 0 aliphatic rings. The van der Waals surface area contributed by atoms with Gasteiger partial charge in [0.05, 0.1) is 9.26 Å². The van der Waals surface area contributed by atoms with Crippen LogP contribution in [-0.2, 0) is 0 Å². The number of halogens is 2. The Morgan fingerprint density at radius 3 is 2.53 bits per heavy atom. The quantitative estimate of drug-likeness (QED) is 0.583. The predicted octanol–water partition coefficient (Wildman–Crippen LogP) is 3.47. The van der Waals surface area contributed by atoms with Gasteiger partial charge in [0, 0.05) is 11.1 Å². The van der Waals surface area contributed by atoms with Gasteiger partial charge in [0.1, 0.15) is 5.15 Å². The number of nitrogens with zero attached hydrogens (tertiary/aromatic N) is 3. The zero-order chi connectivity index (χ0) is 11.0. The molecule has 0 aliphatic heterocycles. The monoisotopic (exact) mass is 351 g/mol. The Labute approximate surface area is 110 Å². The largest absolute Gasteiger partial charge is 0.238 e. The van der Waals surface area contributed by atoms with E-state index in [-0.39, 0.29) is 0 Å². The predicted molar refractivity (Wildman–Crippen MR) is 70.3 cm³/mol. The first-order chi connectivity index (χ1) is 7.08. The molecule has 6 heteroatoms. The van der Waals surface area contributed by atoms with Gasteiger partial charge in [0.2, 0.25) is 0 Å². The van der Waals surface area contributed by atoms with Crippen LogP contribution in [0.25, 0.3) is 10.8 Å². The fourth-order valence-corrected chi connectivity index (χ4v) is 2.26. The SMILES string of the molecule is Cc1csc(-c2nc(C)c(I)c(Cl)n2)n1. The maximum atomic E-state index is 5.99. The fourth-order valence-electron chi connectivity index (χ4n) is 1.08. The normalized spacial score (nSPS) is 10.7. The number of thiazole rings is 1. The van der Waals surface area contributed by atoms with Crippen molar-refractivity contribution in [2.24, 2.45) is 0 Å². The molecule has 0 fully saturated rings. The lowest BCUT2D eigenvalue weighted by Gasteiger charge is -2.01. The topological polar surface area (TPSA) is 38.7 Å². The molecule has 0 bridgehead atoms. The minimum Gasteiger partial charge on any atom is -0.238 e. The zero-order valence-electron chi connectivity index (χ0n) is 8.08. The van der Waals surface area contributed by atoms with Gasteiger partial charge >= 0.3 is 0 Å². The molecule has 0 amide bonds. The highest BCUT2D eigenvalue weighted by molar-refractivity contribution is 14.1. The molecule has 0 saturated carbocycles. The van der Waals surface area contributed by atoms with Crippen LogP contribution < -0.4 is 0 Å². The lowest BCUT2D eigenvalue weighted by Crippen LogP contribution is -1.96. The maximum Gasteiger partial charge on any atom is 0.190 e. The molecule has 0 N–H and O–H groups in total. The minimum atomic E-state index is 0.492. The van der Waals surface area contributed by atoms with Gasteiger partial charge in [-0.1, -0.05) is 11.6 Å². The number of hydrogen-bond donors (Lipinski definition) is 0. The van der Waals surface area contributed by atoms with E-state index in [1.54, 1.807) is 0 Å². The van der Waals surface area contributed by atoms with Gasteiger partial charge in [0.25, 0.3) is 0 Å². The van der Waals surface area contributed by atoms with E-state index in [1.807, 2.05) is 19.2 Å². The van der Waals surface area contributed by atoms with Crippen molar-refractivity contribution in [1.82, 2.24) is 15.0 Å². The van der Waals surface area contributed by atoms with Crippen molar-refractivity contribution in [3.8, 4) is 10.8 Å². The first-order valence-electron chi connectivity index (χ1n) is 4.20. The van der Waals surface area contributed by atoms with Crippen molar-refractivity contribution in [2.45, 2.75) is 13.8 Å². The molecule has 3 nitrogen and oxygen atoms in total. The Morgan fingerprint density at radius 2 is 2.00 bits per heavy atom. The summed E-state index contributed by atoms with van der Waals surface area (Å²) in [5.74, 6) is 0.607. The highest BCUT2D eigenvalue weighted by Crippen LogP contribution is 2.25. The third-order valence-corrected chi connectivity index (χ3v) is 4.63. The average Bonchev–Trinajstić information content (AvgIpc) is 2.60. The summed E-state index contributed by atoms with van der Waals surface area (Å²) in [6.07, 6.45) is 0. The summed E-state index contributed by atoms with van der Waals surface area (Å²) in [5, 5.41) is 3.28. The molecule has 2 heterocycles. The van der Waals surface area contributed by atoms with E-state index in [2.05, 4.69) is 37.5 Å². The van der Waals surface area contributed by atoms with Crippen LogP contribution in [0, 0.1) is 17.4 Å². The molecule has 0 unspecified atom stereocenters. The summed E-state index contributed by atoms with van der Waals surface area (Å²) in [4.78, 5) is 12.9. The van der Waals surface area contributed by atoms with E-state index in [9.17, 15) is 0 Å². The van der Waals surface area contributed by atoms with Crippen molar-refractivity contribution in [2.75, 3.05) is 0 Å². The van der Waals surface area contributed by atoms with Crippen molar-refractivity contribution >= 4 is 45.5 Å². The second-order valence-corrected chi connectivity index (χ2v) is 5.33. The van der Waals surface area contributed by atoms with Crippen LogP contribution in [0.4, 0.5) is 0 Å². The van der Waals surface area contributed by atoms with Crippen molar-refractivity contribution in [1.29, 1.82) is 0 Å². The molecule has 0 spiro atoms. The van der Waals surface area contributed by atoms with Gasteiger partial charge in [-0.3, -0.25) is 0 Å². The van der Waals surface area contributed by atoms with Gasteiger partial charge in [-0.25, -0.2) is 15.0 Å². The first kappa shape index (κ1) is 11.2. The second-order valence-electron chi connectivity index (χ2n) is 3.03. The average molecular weight is 352 g/mol.